The molecule has 2 heteroatoms. The Labute approximate surface area is 135 Å². The Bertz CT molecular complexity index is 511. The van der Waals surface area contributed by atoms with Gasteiger partial charge < -0.3 is 9.64 Å². The van der Waals surface area contributed by atoms with E-state index in [0.717, 1.165) is 5.75 Å². The molecule has 1 fully saturated rings. The molecule has 0 spiro atoms. The van der Waals surface area contributed by atoms with Crippen molar-refractivity contribution in [3.05, 3.63) is 23.3 Å². The minimum atomic E-state index is 0.412. The van der Waals surface area contributed by atoms with E-state index in [1.165, 1.54) is 74.7 Å². The highest BCUT2D eigenvalue weighted by molar-refractivity contribution is 5.64. The van der Waals surface area contributed by atoms with Crippen LogP contribution in [0.1, 0.15) is 69.4 Å². The molecule has 0 unspecified atom stereocenters. The first-order chi connectivity index (χ1) is 10.7. The van der Waals surface area contributed by atoms with Gasteiger partial charge in [0, 0.05) is 6.54 Å². The van der Waals surface area contributed by atoms with Gasteiger partial charge in [-0.1, -0.05) is 32.6 Å². The molecular formula is C20H31NO. The average Bonchev–Trinajstić information content (AvgIpc) is 2.52. The largest absolute Gasteiger partial charge is 0.486 e. The lowest BCUT2D eigenvalue weighted by atomic mass is 9.88. The van der Waals surface area contributed by atoms with Crippen molar-refractivity contribution in [1.82, 2.24) is 0 Å². The first kappa shape index (κ1) is 15.7. The van der Waals surface area contributed by atoms with Crippen LogP contribution in [0, 0.1) is 13.8 Å². The van der Waals surface area contributed by atoms with Gasteiger partial charge in [-0.25, -0.2) is 0 Å². The minimum Gasteiger partial charge on any atom is -0.486 e. The molecule has 0 N–H and O–H groups in total. The number of benzene rings is 1. The fourth-order valence-electron chi connectivity index (χ4n) is 4.00. The van der Waals surface area contributed by atoms with E-state index < -0.39 is 0 Å². The summed E-state index contributed by atoms with van der Waals surface area (Å²) in [6.45, 7) is 7.89. The van der Waals surface area contributed by atoms with Crippen LogP contribution in [-0.4, -0.2) is 18.7 Å². The van der Waals surface area contributed by atoms with E-state index in [9.17, 15) is 0 Å². The predicted molar refractivity (Wildman–Crippen MR) is 94.1 cm³/mol. The first-order valence-corrected chi connectivity index (χ1v) is 9.25. The zero-order valence-electron chi connectivity index (χ0n) is 14.5. The lowest BCUT2D eigenvalue weighted by molar-refractivity contribution is 0.113. The lowest BCUT2D eigenvalue weighted by Crippen LogP contribution is -2.51. The summed E-state index contributed by atoms with van der Waals surface area (Å²) in [4.78, 5) is 2.69. The predicted octanol–water partition coefficient (Wildman–Crippen LogP) is 5.39. The standard InChI is InChI=1S/C20H31NO/c1-4-5-6-9-12-21-17-10-7-8-11-19(17)22-20-14-16(3)15(2)13-18(20)21/h13-14,17,19H,4-12H2,1-3H3/t17-,19+/m0/s1. The zero-order valence-corrected chi connectivity index (χ0v) is 14.5. The van der Waals surface area contributed by atoms with Crippen LogP contribution in [0.15, 0.2) is 12.1 Å². The summed E-state index contributed by atoms with van der Waals surface area (Å²) in [6.07, 6.45) is 10.9. The Morgan fingerprint density at radius 1 is 1.05 bits per heavy atom. The van der Waals surface area contributed by atoms with Crippen LogP contribution in [0.3, 0.4) is 0 Å². The smallest absolute Gasteiger partial charge is 0.143 e. The summed E-state index contributed by atoms with van der Waals surface area (Å²) in [5, 5.41) is 0. The van der Waals surface area contributed by atoms with E-state index in [1.807, 2.05) is 0 Å². The van der Waals surface area contributed by atoms with Crippen LogP contribution in [0.25, 0.3) is 0 Å². The summed E-state index contributed by atoms with van der Waals surface area (Å²) in [6, 6.07) is 5.22. The summed E-state index contributed by atoms with van der Waals surface area (Å²) in [7, 11) is 0. The topological polar surface area (TPSA) is 12.5 Å². The van der Waals surface area contributed by atoms with Gasteiger partial charge in [0.25, 0.3) is 0 Å². The van der Waals surface area contributed by atoms with Gasteiger partial charge in [0.05, 0.1) is 11.7 Å². The molecule has 0 saturated heterocycles. The van der Waals surface area contributed by atoms with Crippen molar-refractivity contribution in [2.24, 2.45) is 0 Å². The fraction of sp³-hybridized carbons (Fsp3) is 0.700. The highest BCUT2D eigenvalue weighted by Gasteiger charge is 2.37. The fourth-order valence-corrected chi connectivity index (χ4v) is 4.00. The van der Waals surface area contributed by atoms with Crippen LogP contribution >= 0.6 is 0 Å². The summed E-state index contributed by atoms with van der Waals surface area (Å²) >= 11 is 0. The highest BCUT2D eigenvalue weighted by atomic mass is 16.5. The molecule has 2 atom stereocenters. The molecule has 1 heterocycles. The molecule has 1 saturated carbocycles. The van der Waals surface area contributed by atoms with E-state index in [-0.39, 0.29) is 0 Å². The van der Waals surface area contributed by atoms with E-state index in [0.29, 0.717) is 12.1 Å². The third-order valence-corrected chi connectivity index (χ3v) is 5.48. The number of unbranched alkanes of at least 4 members (excludes halogenated alkanes) is 3. The Morgan fingerprint density at radius 3 is 2.64 bits per heavy atom. The van der Waals surface area contributed by atoms with Crippen molar-refractivity contribution in [3.63, 3.8) is 0 Å². The van der Waals surface area contributed by atoms with Crippen LogP contribution in [-0.2, 0) is 0 Å². The van der Waals surface area contributed by atoms with Gasteiger partial charge in [0.2, 0.25) is 0 Å². The zero-order chi connectivity index (χ0) is 15.5. The molecule has 1 aliphatic heterocycles. The lowest BCUT2D eigenvalue weighted by Gasteiger charge is -2.46. The van der Waals surface area contributed by atoms with E-state index in [2.05, 4.69) is 37.8 Å². The van der Waals surface area contributed by atoms with Gasteiger partial charge in [0.15, 0.2) is 0 Å². The van der Waals surface area contributed by atoms with Gasteiger partial charge in [-0.15, -0.1) is 0 Å². The number of hydrogen-bond acceptors (Lipinski definition) is 2. The van der Waals surface area contributed by atoms with Gasteiger partial charge in [0.1, 0.15) is 11.9 Å². The van der Waals surface area contributed by atoms with Crippen molar-refractivity contribution >= 4 is 5.69 Å². The number of rotatable bonds is 5. The summed E-state index contributed by atoms with van der Waals surface area (Å²) < 4.78 is 6.39. The van der Waals surface area contributed by atoms with Gasteiger partial charge in [-0.05, 0) is 62.8 Å². The number of hydrogen-bond donors (Lipinski definition) is 0. The Balaban J connectivity index is 1.84. The molecule has 3 rings (SSSR count). The normalized spacial score (nSPS) is 23.7. The molecule has 1 aromatic carbocycles. The minimum absolute atomic E-state index is 0.412. The maximum atomic E-state index is 6.39. The van der Waals surface area contributed by atoms with E-state index >= 15 is 0 Å². The third-order valence-electron chi connectivity index (χ3n) is 5.48. The molecule has 1 aliphatic carbocycles. The number of nitrogens with zero attached hydrogens (tertiary/aromatic N) is 1. The van der Waals surface area contributed by atoms with Crippen LogP contribution in [0.4, 0.5) is 5.69 Å². The molecule has 1 aromatic rings. The second-order valence-electron chi connectivity index (χ2n) is 7.17. The molecule has 2 aliphatic rings. The summed E-state index contributed by atoms with van der Waals surface area (Å²) in [5.74, 6) is 1.13. The number of ether oxygens (including phenoxy) is 1. The monoisotopic (exact) mass is 301 g/mol. The highest BCUT2D eigenvalue weighted by Crippen LogP contribution is 2.42. The molecule has 122 valence electrons. The molecule has 0 amide bonds. The summed E-state index contributed by atoms with van der Waals surface area (Å²) in [5.41, 5.74) is 4.08. The molecular weight excluding hydrogens is 270 g/mol. The average molecular weight is 301 g/mol. The Morgan fingerprint density at radius 2 is 1.82 bits per heavy atom. The van der Waals surface area contributed by atoms with Crippen molar-refractivity contribution in [2.45, 2.75) is 84.3 Å². The quantitative estimate of drug-likeness (QED) is 0.676. The molecule has 2 nitrogen and oxygen atoms in total. The third kappa shape index (κ3) is 3.11. The van der Waals surface area contributed by atoms with Gasteiger partial charge >= 0.3 is 0 Å². The van der Waals surface area contributed by atoms with E-state index in [4.69, 9.17) is 4.74 Å². The SMILES string of the molecule is CCCCCCN1c2cc(C)c(C)cc2O[C@@H]2CCCC[C@@H]21. The second kappa shape index (κ2) is 6.93. The second-order valence-corrected chi connectivity index (χ2v) is 7.17. The Hall–Kier alpha value is -1.18. The molecule has 0 radical (unpaired) electrons. The maximum absolute atomic E-state index is 6.39. The van der Waals surface area contributed by atoms with Crippen molar-refractivity contribution in [3.8, 4) is 5.75 Å². The van der Waals surface area contributed by atoms with E-state index in [1.54, 1.807) is 0 Å². The van der Waals surface area contributed by atoms with Crippen molar-refractivity contribution in [1.29, 1.82) is 0 Å². The maximum Gasteiger partial charge on any atom is 0.143 e. The Kier molecular flexibility index (Phi) is 4.95. The van der Waals surface area contributed by atoms with Crippen molar-refractivity contribution < 1.29 is 4.74 Å². The molecule has 22 heavy (non-hydrogen) atoms. The van der Waals surface area contributed by atoms with Crippen LogP contribution in [0.5, 0.6) is 5.75 Å². The first-order valence-electron chi connectivity index (χ1n) is 9.25. The number of fused-ring (bicyclic) bond motifs is 2. The van der Waals surface area contributed by atoms with Crippen LogP contribution < -0.4 is 9.64 Å². The van der Waals surface area contributed by atoms with Crippen molar-refractivity contribution in [2.75, 3.05) is 11.4 Å². The number of anilines is 1. The van der Waals surface area contributed by atoms with Gasteiger partial charge in [-0.3, -0.25) is 0 Å². The molecule has 0 bridgehead atoms. The number of aryl methyl sites for hydroxylation is 2. The van der Waals surface area contributed by atoms with Gasteiger partial charge in [-0.2, -0.15) is 0 Å². The molecule has 0 aromatic heterocycles. The van der Waals surface area contributed by atoms with Crippen LogP contribution in [0.2, 0.25) is 0 Å².